The minimum absolute atomic E-state index is 0.188. The van der Waals surface area contributed by atoms with Crippen LogP contribution in [0.1, 0.15) is 16.1 Å². The lowest BCUT2D eigenvalue weighted by atomic mass is 10.0. The van der Waals surface area contributed by atoms with Crippen LogP contribution >= 0.6 is 22.9 Å². The standard InChI is InChI=1S/C10H13ClN2O2S/c11-6-2-4-16-9(6)10(15)13-7-1-3-12-5-8(7)14/h2,4,7-8,12,14H,1,3,5H2,(H,13,15)/t7-,8-/m1/s1. The third-order valence-corrected chi connectivity index (χ3v) is 3.93. The van der Waals surface area contributed by atoms with Gasteiger partial charge in [-0.15, -0.1) is 11.3 Å². The van der Waals surface area contributed by atoms with E-state index in [0.717, 1.165) is 13.0 Å². The van der Waals surface area contributed by atoms with Gasteiger partial charge in [0.05, 0.1) is 17.2 Å². The smallest absolute Gasteiger partial charge is 0.263 e. The molecule has 0 saturated carbocycles. The first-order chi connectivity index (χ1) is 7.68. The monoisotopic (exact) mass is 260 g/mol. The highest BCUT2D eigenvalue weighted by molar-refractivity contribution is 7.12. The van der Waals surface area contributed by atoms with Crippen molar-refractivity contribution in [3.63, 3.8) is 0 Å². The predicted molar refractivity (Wildman–Crippen MR) is 64.1 cm³/mol. The van der Waals surface area contributed by atoms with Crippen molar-refractivity contribution in [1.29, 1.82) is 0 Å². The van der Waals surface area contributed by atoms with Gasteiger partial charge in [-0.25, -0.2) is 0 Å². The molecular weight excluding hydrogens is 248 g/mol. The molecule has 3 N–H and O–H groups in total. The summed E-state index contributed by atoms with van der Waals surface area (Å²) in [5.41, 5.74) is 0. The van der Waals surface area contributed by atoms with Gasteiger partial charge in [-0.1, -0.05) is 11.6 Å². The molecule has 1 aliphatic rings. The molecular formula is C10H13ClN2O2S. The molecule has 2 heterocycles. The highest BCUT2D eigenvalue weighted by Gasteiger charge is 2.25. The zero-order chi connectivity index (χ0) is 11.5. The summed E-state index contributed by atoms with van der Waals surface area (Å²) in [5.74, 6) is -0.203. The van der Waals surface area contributed by atoms with E-state index in [-0.39, 0.29) is 11.9 Å². The fourth-order valence-corrected chi connectivity index (χ4v) is 2.74. The Hall–Kier alpha value is -0.620. The van der Waals surface area contributed by atoms with Crippen LogP contribution in [0.3, 0.4) is 0 Å². The highest BCUT2D eigenvalue weighted by Crippen LogP contribution is 2.22. The number of hydrogen-bond acceptors (Lipinski definition) is 4. The molecule has 2 rings (SSSR count). The van der Waals surface area contributed by atoms with E-state index in [1.54, 1.807) is 11.4 Å². The molecule has 88 valence electrons. The zero-order valence-electron chi connectivity index (χ0n) is 8.57. The van der Waals surface area contributed by atoms with E-state index < -0.39 is 6.10 Å². The second-order valence-electron chi connectivity index (χ2n) is 3.74. The number of hydrogen-bond donors (Lipinski definition) is 3. The van der Waals surface area contributed by atoms with Crippen LogP contribution in [-0.2, 0) is 0 Å². The van der Waals surface area contributed by atoms with E-state index in [1.807, 2.05) is 0 Å². The maximum Gasteiger partial charge on any atom is 0.263 e. The van der Waals surface area contributed by atoms with Crippen molar-refractivity contribution in [2.75, 3.05) is 13.1 Å². The van der Waals surface area contributed by atoms with E-state index in [0.29, 0.717) is 16.4 Å². The number of amides is 1. The van der Waals surface area contributed by atoms with E-state index >= 15 is 0 Å². The molecule has 16 heavy (non-hydrogen) atoms. The second-order valence-corrected chi connectivity index (χ2v) is 5.06. The lowest BCUT2D eigenvalue weighted by Gasteiger charge is -2.28. The van der Waals surface area contributed by atoms with Crippen LogP contribution in [0.25, 0.3) is 0 Å². The van der Waals surface area contributed by atoms with Gasteiger partial charge >= 0.3 is 0 Å². The van der Waals surface area contributed by atoms with Gasteiger partial charge in [-0.3, -0.25) is 4.79 Å². The Kier molecular flexibility index (Phi) is 3.81. The Morgan fingerprint density at radius 1 is 1.69 bits per heavy atom. The minimum Gasteiger partial charge on any atom is -0.390 e. The molecule has 0 aliphatic carbocycles. The van der Waals surface area contributed by atoms with Gasteiger partial charge in [-0.05, 0) is 24.4 Å². The van der Waals surface area contributed by atoms with Crippen LogP contribution in [-0.4, -0.2) is 36.2 Å². The third kappa shape index (κ3) is 2.55. The average molecular weight is 261 g/mol. The van der Waals surface area contributed by atoms with Gasteiger partial charge in [0.1, 0.15) is 4.88 Å². The largest absolute Gasteiger partial charge is 0.390 e. The maximum atomic E-state index is 11.8. The molecule has 4 nitrogen and oxygen atoms in total. The lowest BCUT2D eigenvalue weighted by molar-refractivity contribution is 0.0768. The van der Waals surface area contributed by atoms with E-state index in [4.69, 9.17) is 11.6 Å². The second kappa shape index (κ2) is 5.14. The Balaban J connectivity index is 1.99. The number of carbonyl (C=O) groups excluding carboxylic acids is 1. The molecule has 0 spiro atoms. The number of aliphatic hydroxyl groups is 1. The number of piperidine rings is 1. The third-order valence-electron chi connectivity index (χ3n) is 2.59. The van der Waals surface area contributed by atoms with Crippen LogP contribution in [0.4, 0.5) is 0 Å². The van der Waals surface area contributed by atoms with Crippen molar-refractivity contribution in [3.05, 3.63) is 21.3 Å². The molecule has 1 amide bonds. The Labute approximate surface area is 103 Å². The van der Waals surface area contributed by atoms with Crippen molar-refractivity contribution >= 4 is 28.8 Å². The minimum atomic E-state index is -0.531. The Morgan fingerprint density at radius 2 is 2.50 bits per heavy atom. The van der Waals surface area contributed by atoms with E-state index in [2.05, 4.69) is 10.6 Å². The molecule has 1 fully saturated rings. The summed E-state index contributed by atoms with van der Waals surface area (Å²) in [7, 11) is 0. The van der Waals surface area contributed by atoms with Crippen molar-refractivity contribution < 1.29 is 9.90 Å². The number of halogens is 1. The van der Waals surface area contributed by atoms with Crippen LogP contribution in [0.15, 0.2) is 11.4 Å². The molecule has 1 aromatic heterocycles. The fourth-order valence-electron chi connectivity index (χ4n) is 1.70. The first-order valence-corrected chi connectivity index (χ1v) is 6.37. The van der Waals surface area contributed by atoms with Gasteiger partial charge in [0, 0.05) is 6.54 Å². The normalized spacial score (nSPS) is 25.4. The number of nitrogens with one attached hydrogen (secondary N) is 2. The lowest BCUT2D eigenvalue weighted by Crippen LogP contribution is -2.52. The summed E-state index contributed by atoms with van der Waals surface area (Å²) in [6.07, 6.45) is 0.201. The first kappa shape index (κ1) is 11.9. The van der Waals surface area contributed by atoms with E-state index in [1.165, 1.54) is 11.3 Å². The molecule has 1 aliphatic heterocycles. The summed E-state index contributed by atoms with van der Waals surface area (Å²) >= 11 is 7.17. The zero-order valence-corrected chi connectivity index (χ0v) is 10.1. The molecule has 0 aromatic carbocycles. The SMILES string of the molecule is O=C(N[C@@H]1CCNC[C@H]1O)c1sccc1Cl. The van der Waals surface area contributed by atoms with Crippen LogP contribution in [0, 0.1) is 0 Å². The number of rotatable bonds is 2. The molecule has 6 heteroatoms. The van der Waals surface area contributed by atoms with Gasteiger partial charge in [0.2, 0.25) is 0 Å². The van der Waals surface area contributed by atoms with Crippen molar-refractivity contribution in [1.82, 2.24) is 10.6 Å². The number of thiophene rings is 1. The van der Waals surface area contributed by atoms with Crippen LogP contribution in [0.2, 0.25) is 5.02 Å². The molecule has 0 radical (unpaired) electrons. The predicted octanol–water partition coefficient (Wildman–Crippen LogP) is 0.854. The van der Waals surface area contributed by atoms with Crippen molar-refractivity contribution in [2.45, 2.75) is 18.6 Å². The molecule has 0 bridgehead atoms. The number of carbonyl (C=O) groups is 1. The van der Waals surface area contributed by atoms with Crippen molar-refractivity contribution in [3.8, 4) is 0 Å². The first-order valence-electron chi connectivity index (χ1n) is 5.11. The molecule has 1 saturated heterocycles. The average Bonchev–Trinajstić information content (AvgIpc) is 2.68. The Morgan fingerprint density at radius 3 is 3.12 bits per heavy atom. The summed E-state index contributed by atoms with van der Waals surface area (Å²) < 4.78 is 0. The van der Waals surface area contributed by atoms with Gasteiger partial charge < -0.3 is 15.7 Å². The summed E-state index contributed by atoms with van der Waals surface area (Å²) in [4.78, 5) is 12.3. The molecule has 1 aromatic rings. The van der Waals surface area contributed by atoms with Crippen molar-refractivity contribution in [2.24, 2.45) is 0 Å². The topological polar surface area (TPSA) is 61.4 Å². The van der Waals surface area contributed by atoms with Gasteiger partial charge in [0.15, 0.2) is 0 Å². The van der Waals surface area contributed by atoms with Gasteiger partial charge in [0.25, 0.3) is 5.91 Å². The molecule has 0 unspecified atom stereocenters. The van der Waals surface area contributed by atoms with E-state index in [9.17, 15) is 9.90 Å². The summed E-state index contributed by atoms with van der Waals surface area (Å²) in [5, 5.41) is 17.8. The number of aliphatic hydroxyl groups excluding tert-OH is 1. The highest BCUT2D eigenvalue weighted by atomic mass is 35.5. The van der Waals surface area contributed by atoms with Crippen LogP contribution in [0.5, 0.6) is 0 Å². The molecule has 2 atom stereocenters. The quantitative estimate of drug-likeness (QED) is 0.739. The summed E-state index contributed by atoms with van der Waals surface area (Å²) in [6.45, 7) is 1.32. The van der Waals surface area contributed by atoms with Gasteiger partial charge in [-0.2, -0.15) is 0 Å². The van der Waals surface area contributed by atoms with Crippen LogP contribution < -0.4 is 10.6 Å². The fraction of sp³-hybridized carbons (Fsp3) is 0.500. The summed E-state index contributed by atoms with van der Waals surface area (Å²) in [6, 6.07) is 1.51. The maximum absolute atomic E-state index is 11.8. The Bertz CT molecular complexity index is 383. The number of β-amino-alcohol motifs (C(OH)–C–C–N with tert-alkyl or cyclic N) is 1.